The van der Waals surface area contributed by atoms with Crippen LogP contribution in [0.5, 0.6) is 0 Å². The highest BCUT2D eigenvalue weighted by Crippen LogP contribution is 2.55. The van der Waals surface area contributed by atoms with Gasteiger partial charge in [0.25, 0.3) is 0 Å². The maximum atomic E-state index is 12.4. The molecule has 5 atom stereocenters. The summed E-state index contributed by atoms with van der Waals surface area (Å²) in [6.45, 7) is 12.9. The Morgan fingerprint density at radius 2 is 1.83 bits per heavy atom. The Morgan fingerprint density at radius 3 is 2.41 bits per heavy atom. The molecule has 5 nitrogen and oxygen atoms in total. The van der Waals surface area contributed by atoms with Crippen LogP contribution in [0.4, 0.5) is 0 Å². The molecule has 0 saturated heterocycles. The molecule has 162 valence electrons. The maximum absolute atomic E-state index is 12.4. The van der Waals surface area contributed by atoms with Gasteiger partial charge in [0.05, 0.1) is 0 Å². The third-order valence-electron chi connectivity index (χ3n) is 6.47. The van der Waals surface area contributed by atoms with Crippen LogP contribution in [0.15, 0.2) is 23.8 Å². The molecule has 29 heavy (non-hydrogen) atoms. The van der Waals surface area contributed by atoms with Gasteiger partial charge in [-0.1, -0.05) is 31.6 Å². The van der Waals surface area contributed by atoms with Crippen molar-refractivity contribution in [1.29, 1.82) is 0 Å². The van der Waals surface area contributed by atoms with Crippen molar-refractivity contribution in [3.05, 3.63) is 23.8 Å². The average Bonchev–Trinajstić information content (AvgIpc) is 2.88. The van der Waals surface area contributed by atoms with Crippen molar-refractivity contribution in [2.75, 3.05) is 0 Å². The van der Waals surface area contributed by atoms with E-state index in [1.807, 2.05) is 27.7 Å². The van der Waals surface area contributed by atoms with Gasteiger partial charge in [-0.15, -0.1) is 0 Å². The Labute approximate surface area is 174 Å². The number of hydrogen-bond donors (Lipinski definition) is 0. The highest BCUT2D eigenvalue weighted by molar-refractivity contribution is 5.90. The number of fused-ring (bicyclic) bond motifs is 1. The number of ether oxygens (including phenoxy) is 2. The third-order valence-corrected chi connectivity index (χ3v) is 6.47. The van der Waals surface area contributed by atoms with E-state index >= 15 is 0 Å². The molecule has 0 aromatic rings. The van der Waals surface area contributed by atoms with E-state index in [1.165, 1.54) is 13.8 Å². The Hall–Kier alpha value is -1.91. The molecule has 0 bridgehead atoms. The summed E-state index contributed by atoms with van der Waals surface area (Å²) in [5, 5.41) is 0. The molecule has 2 aliphatic rings. The zero-order valence-corrected chi connectivity index (χ0v) is 18.9. The van der Waals surface area contributed by atoms with Gasteiger partial charge in [0, 0.05) is 38.5 Å². The Bertz CT molecular complexity index is 717. The number of rotatable bonds is 3. The van der Waals surface area contributed by atoms with Crippen LogP contribution in [0.25, 0.3) is 0 Å². The molecule has 2 aliphatic carbocycles. The fourth-order valence-electron chi connectivity index (χ4n) is 5.31. The predicted molar refractivity (Wildman–Crippen MR) is 112 cm³/mol. The summed E-state index contributed by atoms with van der Waals surface area (Å²) in [5.74, 6) is -0.412. The second-order valence-electron chi connectivity index (χ2n) is 9.72. The maximum Gasteiger partial charge on any atom is 0.303 e. The van der Waals surface area contributed by atoms with Crippen LogP contribution in [0, 0.1) is 23.2 Å². The predicted octanol–water partition coefficient (Wildman–Crippen LogP) is 4.79. The van der Waals surface area contributed by atoms with Crippen molar-refractivity contribution >= 4 is 17.7 Å². The second kappa shape index (κ2) is 8.85. The summed E-state index contributed by atoms with van der Waals surface area (Å²) >= 11 is 0. The Balaban J connectivity index is 2.56. The summed E-state index contributed by atoms with van der Waals surface area (Å²) in [4.78, 5) is 36.1. The summed E-state index contributed by atoms with van der Waals surface area (Å²) in [6.07, 6.45) is 8.37. The molecule has 0 heterocycles. The van der Waals surface area contributed by atoms with Crippen LogP contribution in [0.2, 0.25) is 0 Å². The molecule has 0 radical (unpaired) electrons. The summed E-state index contributed by atoms with van der Waals surface area (Å²) in [5.41, 5.74) is 0.0118. The normalized spacial score (nSPS) is 36.2. The van der Waals surface area contributed by atoms with Crippen LogP contribution in [0.1, 0.15) is 74.1 Å². The summed E-state index contributed by atoms with van der Waals surface area (Å²) < 4.78 is 11.6. The number of ketones is 1. The van der Waals surface area contributed by atoms with E-state index in [4.69, 9.17) is 9.47 Å². The lowest BCUT2D eigenvalue weighted by Gasteiger charge is -2.42. The molecule has 1 unspecified atom stereocenters. The van der Waals surface area contributed by atoms with Crippen LogP contribution in [-0.4, -0.2) is 29.4 Å². The first-order valence-corrected chi connectivity index (χ1v) is 10.6. The van der Waals surface area contributed by atoms with Crippen LogP contribution in [-0.2, 0) is 23.9 Å². The number of carbonyl (C=O) groups is 3. The fourth-order valence-corrected chi connectivity index (χ4v) is 5.31. The second-order valence-corrected chi connectivity index (χ2v) is 9.72. The minimum absolute atomic E-state index is 0.0271. The van der Waals surface area contributed by atoms with Crippen molar-refractivity contribution in [3.63, 3.8) is 0 Å². The van der Waals surface area contributed by atoms with E-state index in [0.29, 0.717) is 12.8 Å². The number of esters is 2. The van der Waals surface area contributed by atoms with E-state index in [0.717, 1.165) is 18.4 Å². The van der Waals surface area contributed by atoms with Crippen molar-refractivity contribution < 1.29 is 23.9 Å². The molecule has 5 heteroatoms. The first-order valence-electron chi connectivity index (χ1n) is 10.6. The monoisotopic (exact) mass is 404 g/mol. The molecule has 1 fully saturated rings. The quantitative estimate of drug-likeness (QED) is 0.499. The zero-order chi connectivity index (χ0) is 22.0. The van der Waals surface area contributed by atoms with Gasteiger partial charge in [0.15, 0.2) is 5.78 Å². The Morgan fingerprint density at radius 1 is 1.17 bits per heavy atom. The van der Waals surface area contributed by atoms with Crippen molar-refractivity contribution in [3.8, 4) is 0 Å². The minimum atomic E-state index is -0.681. The molecule has 0 N–H and O–H groups in total. The van der Waals surface area contributed by atoms with E-state index in [1.54, 1.807) is 6.08 Å². The van der Waals surface area contributed by atoms with Gasteiger partial charge in [-0.25, -0.2) is 0 Å². The van der Waals surface area contributed by atoms with Gasteiger partial charge in [-0.3, -0.25) is 14.4 Å². The first-order chi connectivity index (χ1) is 13.3. The van der Waals surface area contributed by atoms with Gasteiger partial charge in [0.2, 0.25) is 0 Å². The molecule has 1 saturated carbocycles. The lowest BCUT2D eigenvalue weighted by Crippen LogP contribution is -2.46. The molecular weight excluding hydrogens is 368 g/mol. The SMILES string of the molecule is CC(=O)OC1C/C(C)=C/C(=O)C[C@@H](C)/C=C/[C@@]2(C)CC[C@@H](C(C)(C)OC(C)=O)[C@H]12. The van der Waals surface area contributed by atoms with Gasteiger partial charge in [-0.2, -0.15) is 0 Å². The minimum Gasteiger partial charge on any atom is -0.462 e. The zero-order valence-electron chi connectivity index (χ0n) is 18.9. The highest BCUT2D eigenvalue weighted by Gasteiger charge is 2.54. The summed E-state index contributed by atoms with van der Waals surface area (Å²) in [7, 11) is 0. The lowest BCUT2D eigenvalue weighted by atomic mass is 9.68. The van der Waals surface area contributed by atoms with Crippen LogP contribution in [0.3, 0.4) is 0 Å². The standard InChI is InChI=1S/C24H36O5/c1-15-8-10-24(7)11-9-20(23(5,6)29-18(4)26)22(24)21(28-17(3)25)14-16(2)13-19(27)12-15/h8,10,13,15,20-22H,9,11-12,14H2,1-7H3/b10-8+,16-13+/t15-,20+,21?,22+,24-/m0/s1. The van der Waals surface area contributed by atoms with Crippen molar-refractivity contribution in [1.82, 2.24) is 0 Å². The number of carbonyl (C=O) groups excluding carboxylic acids is 3. The van der Waals surface area contributed by atoms with E-state index < -0.39 is 5.60 Å². The van der Waals surface area contributed by atoms with E-state index in [9.17, 15) is 14.4 Å². The highest BCUT2D eigenvalue weighted by atomic mass is 16.6. The van der Waals surface area contributed by atoms with Crippen molar-refractivity contribution in [2.45, 2.75) is 85.9 Å². The van der Waals surface area contributed by atoms with Gasteiger partial charge in [0.1, 0.15) is 11.7 Å². The van der Waals surface area contributed by atoms with Crippen LogP contribution < -0.4 is 0 Å². The number of allylic oxidation sites excluding steroid dienone is 3. The van der Waals surface area contributed by atoms with E-state index in [-0.39, 0.29) is 47.0 Å². The number of hydrogen-bond acceptors (Lipinski definition) is 5. The molecule has 0 aromatic heterocycles. The Kier molecular flexibility index (Phi) is 7.13. The first kappa shape index (κ1) is 23.4. The van der Waals surface area contributed by atoms with Crippen LogP contribution >= 0.6 is 0 Å². The lowest BCUT2D eigenvalue weighted by molar-refractivity contribution is -0.168. The van der Waals surface area contributed by atoms with Gasteiger partial charge in [-0.05, 0) is 51.0 Å². The van der Waals surface area contributed by atoms with E-state index in [2.05, 4.69) is 19.1 Å². The molecule has 0 spiro atoms. The molecule has 0 aromatic carbocycles. The largest absolute Gasteiger partial charge is 0.462 e. The van der Waals surface area contributed by atoms with Gasteiger partial charge >= 0.3 is 11.9 Å². The molecule has 2 rings (SSSR count). The third kappa shape index (κ3) is 5.80. The topological polar surface area (TPSA) is 69.7 Å². The van der Waals surface area contributed by atoms with Gasteiger partial charge < -0.3 is 9.47 Å². The summed E-state index contributed by atoms with van der Waals surface area (Å²) in [6, 6.07) is 0. The molecule has 0 amide bonds. The molecular formula is C24H36O5. The fraction of sp³-hybridized carbons (Fsp3) is 0.708. The average molecular weight is 405 g/mol. The van der Waals surface area contributed by atoms with Crippen molar-refractivity contribution in [2.24, 2.45) is 23.2 Å². The molecule has 0 aliphatic heterocycles. The smallest absolute Gasteiger partial charge is 0.303 e.